The number of rotatable bonds is 3. The van der Waals surface area contributed by atoms with Crippen LogP contribution < -0.4 is 5.32 Å². The van der Waals surface area contributed by atoms with Crippen LogP contribution in [0.1, 0.15) is 49.1 Å². The molecule has 1 fully saturated rings. The lowest BCUT2D eigenvalue weighted by Gasteiger charge is -2.25. The molecule has 2 rings (SSSR count). The summed E-state index contributed by atoms with van der Waals surface area (Å²) in [5.74, 6) is 1.21. The van der Waals surface area contributed by atoms with Crippen molar-refractivity contribution in [1.82, 2.24) is 5.32 Å². The summed E-state index contributed by atoms with van der Waals surface area (Å²) in [4.78, 5) is 0. The Morgan fingerprint density at radius 1 is 1.22 bits per heavy atom. The van der Waals surface area contributed by atoms with E-state index in [9.17, 15) is 4.39 Å². The summed E-state index contributed by atoms with van der Waals surface area (Å²) in [7, 11) is 2.03. The lowest BCUT2D eigenvalue weighted by Crippen LogP contribution is -2.24. The van der Waals surface area contributed by atoms with Crippen molar-refractivity contribution >= 4 is 0 Å². The van der Waals surface area contributed by atoms with Gasteiger partial charge in [-0.3, -0.25) is 0 Å². The van der Waals surface area contributed by atoms with E-state index < -0.39 is 0 Å². The van der Waals surface area contributed by atoms with Crippen molar-refractivity contribution in [3.8, 4) is 0 Å². The van der Waals surface area contributed by atoms with E-state index in [1.54, 1.807) is 6.07 Å². The second kappa shape index (κ2) is 6.33. The minimum atomic E-state index is -0.0856. The molecule has 0 radical (unpaired) electrons. The largest absolute Gasteiger partial charge is 0.319 e. The van der Waals surface area contributed by atoms with Crippen LogP contribution in [0, 0.1) is 18.7 Å². The summed E-state index contributed by atoms with van der Waals surface area (Å²) in [6.45, 7) is 2.93. The van der Waals surface area contributed by atoms with Gasteiger partial charge < -0.3 is 5.32 Å². The fourth-order valence-corrected chi connectivity index (χ4v) is 3.23. The topological polar surface area (TPSA) is 12.0 Å². The molecule has 1 aromatic rings. The zero-order chi connectivity index (χ0) is 13.0. The van der Waals surface area contributed by atoms with Crippen LogP contribution in [0.5, 0.6) is 0 Å². The second-order valence-corrected chi connectivity index (χ2v) is 5.57. The maximum absolute atomic E-state index is 13.4. The van der Waals surface area contributed by atoms with Crippen LogP contribution in [0.15, 0.2) is 18.2 Å². The van der Waals surface area contributed by atoms with Crippen LogP contribution in [0.4, 0.5) is 4.39 Å². The van der Waals surface area contributed by atoms with E-state index in [0.717, 1.165) is 12.1 Å². The van der Waals surface area contributed by atoms with Gasteiger partial charge in [-0.2, -0.15) is 0 Å². The molecule has 2 atom stereocenters. The normalized spacial score (nSPS) is 24.8. The molecular formula is C16H24FN. The number of hydrogen-bond acceptors (Lipinski definition) is 1. The van der Waals surface area contributed by atoms with Gasteiger partial charge >= 0.3 is 0 Å². The van der Waals surface area contributed by atoms with E-state index >= 15 is 0 Å². The third kappa shape index (κ3) is 3.11. The number of nitrogens with one attached hydrogen (secondary N) is 1. The summed E-state index contributed by atoms with van der Waals surface area (Å²) in [5, 5.41) is 3.32. The Balaban J connectivity index is 2.22. The van der Waals surface area contributed by atoms with Crippen LogP contribution in [-0.4, -0.2) is 13.6 Å². The van der Waals surface area contributed by atoms with E-state index in [0.29, 0.717) is 11.8 Å². The van der Waals surface area contributed by atoms with Crippen molar-refractivity contribution in [2.24, 2.45) is 5.92 Å². The predicted octanol–water partition coefficient (Wildman–Crippen LogP) is 4.02. The van der Waals surface area contributed by atoms with Gasteiger partial charge in [0, 0.05) is 0 Å². The van der Waals surface area contributed by atoms with E-state index in [1.807, 2.05) is 26.1 Å². The quantitative estimate of drug-likeness (QED) is 0.798. The molecule has 0 aliphatic heterocycles. The van der Waals surface area contributed by atoms with E-state index in [4.69, 9.17) is 0 Å². The molecule has 1 aliphatic rings. The molecule has 18 heavy (non-hydrogen) atoms. The van der Waals surface area contributed by atoms with Crippen molar-refractivity contribution in [1.29, 1.82) is 0 Å². The molecule has 0 saturated heterocycles. The third-order valence-electron chi connectivity index (χ3n) is 4.24. The van der Waals surface area contributed by atoms with Gasteiger partial charge in [0.2, 0.25) is 0 Å². The van der Waals surface area contributed by atoms with Crippen LogP contribution in [-0.2, 0) is 0 Å². The summed E-state index contributed by atoms with van der Waals surface area (Å²) >= 11 is 0. The van der Waals surface area contributed by atoms with Crippen molar-refractivity contribution in [3.63, 3.8) is 0 Å². The highest BCUT2D eigenvalue weighted by Crippen LogP contribution is 2.36. The Morgan fingerprint density at radius 3 is 2.72 bits per heavy atom. The van der Waals surface area contributed by atoms with Crippen LogP contribution in [0.25, 0.3) is 0 Å². The van der Waals surface area contributed by atoms with Gasteiger partial charge in [-0.1, -0.05) is 31.4 Å². The van der Waals surface area contributed by atoms with E-state index in [1.165, 1.54) is 37.7 Å². The van der Waals surface area contributed by atoms with Gasteiger partial charge in [0.15, 0.2) is 0 Å². The molecule has 1 N–H and O–H groups in total. The molecule has 1 saturated carbocycles. The van der Waals surface area contributed by atoms with Gasteiger partial charge in [-0.25, -0.2) is 4.39 Å². The summed E-state index contributed by atoms with van der Waals surface area (Å²) in [6.07, 6.45) is 6.53. The summed E-state index contributed by atoms with van der Waals surface area (Å²) in [5.41, 5.74) is 2.11. The molecule has 100 valence electrons. The Kier molecular flexibility index (Phi) is 4.76. The molecule has 0 bridgehead atoms. The van der Waals surface area contributed by atoms with E-state index in [-0.39, 0.29) is 5.82 Å². The molecular weight excluding hydrogens is 225 g/mol. The zero-order valence-electron chi connectivity index (χ0n) is 11.5. The van der Waals surface area contributed by atoms with Gasteiger partial charge in [0.25, 0.3) is 0 Å². The summed E-state index contributed by atoms with van der Waals surface area (Å²) < 4.78 is 13.4. The van der Waals surface area contributed by atoms with Gasteiger partial charge in [-0.15, -0.1) is 0 Å². The minimum absolute atomic E-state index is 0.0856. The van der Waals surface area contributed by atoms with Gasteiger partial charge in [0.1, 0.15) is 5.82 Å². The molecule has 1 aliphatic carbocycles. The monoisotopic (exact) mass is 249 g/mol. The number of hydrogen-bond donors (Lipinski definition) is 1. The average molecular weight is 249 g/mol. The Morgan fingerprint density at radius 2 is 2.00 bits per heavy atom. The van der Waals surface area contributed by atoms with Crippen molar-refractivity contribution in [2.45, 2.75) is 44.9 Å². The fraction of sp³-hybridized carbons (Fsp3) is 0.625. The molecule has 0 aromatic heterocycles. The molecule has 2 heteroatoms. The molecule has 0 spiro atoms. The minimum Gasteiger partial charge on any atom is -0.319 e. The standard InChI is InChI=1S/C16H24FN/c1-12-10-13(8-9-16(12)17)15-7-5-3-4-6-14(15)11-18-2/h8-10,14-15,18H,3-7,11H2,1-2H3. The number of aryl methyl sites for hydroxylation is 1. The molecule has 1 aromatic carbocycles. The first-order valence-corrected chi connectivity index (χ1v) is 7.13. The predicted molar refractivity (Wildman–Crippen MR) is 74.4 cm³/mol. The maximum Gasteiger partial charge on any atom is 0.126 e. The molecule has 0 heterocycles. The summed E-state index contributed by atoms with van der Waals surface area (Å²) in [6, 6.07) is 5.67. The first kappa shape index (κ1) is 13.5. The second-order valence-electron chi connectivity index (χ2n) is 5.57. The third-order valence-corrected chi connectivity index (χ3v) is 4.24. The highest BCUT2D eigenvalue weighted by atomic mass is 19.1. The van der Waals surface area contributed by atoms with Crippen LogP contribution in [0.3, 0.4) is 0 Å². The number of benzene rings is 1. The molecule has 0 amide bonds. The number of halogens is 1. The maximum atomic E-state index is 13.4. The molecule has 1 nitrogen and oxygen atoms in total. The first-order chi connectivity index (χ1) is 8.72. The smallest absolute Gasteiger partial charge is 0.126 e. The van der Waals surface area contributed by atoms with Crippen molar-refractivity contribution in [2.75, 3.05) is 13.6 Å². The average Bonchev–Trinajstić information content (AvgIpc) is 2.59. The van der Waals surface area contributed by atoms with Crippen molar-refractivity contribution < 1.29 is 4.39 Å². The van der Waals surface area contributed by atoms with Crippen LogP contribution >= 0.6 is 0 Å². The first-order valence-electron chi connectivity index (χ1n) is 7.13. The fourth-order valence-electron chi connectivity index (χ4n) is 3.23. The molecule has 2 unspecified atom stereocenters. The van der Waals surface area contributed by atoms with Crippen LogP contribution in [0.2, 0.25) is 0 Å². The van der Waals surface area contributed by atoms with Gasteiger partial charge in [-0.05, 0) is 62.4 Å². The zero-order valence-corrected chi connectivity index (χ0v) is 11.5. The van der Waals surface area contributed by atoms with Crippen molar-refractivity contribution in [3.05, 3.63) is 35.1 Å². The highest BCUT2D eigenvalue weighted by Gasteiger charge is 2.24. The van der Waals surface area contributed by atoms with Gasteiger partial charge in [0.05, 0.1) is 0 Å². The highest BCUT2D eigenvalue weighted by molar-refractivity contribution is 5.27. The van der Waals surface area contributed by atoms with E-state index in [2.05, 4.69) is 5.32 Å². The lowest BCUT2D eigenvalue weighted by molar-refractivity contribution is 0.385. The Labute approximate surface area is 110 Å². The Bertz CT molecular complexity index is 389. The lowest BCUT2D eigenvalue weighted by atomic mass is 9.82. The SMILES string of the molecule is CNCC1CCCCCC1c1ccc(F)c(C)c1. The Hall–Kier alpha value is -0.890.